The number of nitrogens with one attached hydrogen (secondary N) is 1. The fraction of sp³-hybridized carbons (Fsp3) is 0.417. The quantitative estimate of drug-likeness (QED) is 0.795. The lowest BCUT2D eigenvalue weighted by Gasteiger charge is -2.26. The van der Waals surface area contributed by atoms with E-state index in [-0.39, 0.29) is 5.56 Å². The molecule has 0 aromatic carbocycles. The van der Waals surface area contributed by atoms with Crippen molar-refractivity contribution in [3.8, 4) is 0 Å². The van der Waals surface area contributed by atoms with Gasteiger partial charge in [0.2, 0.25) is 5.95 Å². The molecule has 2 aromatic rings. The maximum Gasteiger partial charge on any atom is 0.260 e. The van der Waals surface area contributed by atoms with Gasteiger partial charge in [-0.3, -0.25) is 14.8 Å². The van der Waals surface area contributed by atoms with Crippen molar-refractivity contribution in [3.63, 3.8) is 0 Å². The van der Waals surface area contributed by atoms with E-state index in [0.29, 0.717) is 16.9 Å². The van der Waals surface area contributed by atoms with Crippen LogP contribution >= 0.6 is 0 Å². The molecule has 0 bridgehead atoms. The van der Waals surface area contributed by atoms with E-state index in [4.69, 9.17) is 0 Å². The van der Waals surface area contributed by atoms with Crippen molar-refractivity contribution in [3.05, 3.63) is 28.8 Å². The molecule has 17 heavy (non-hydrogen) atoms. The van der Waals surface area contributed by atoms with Crippen LogP contribution in [0.15, 0.2) is 17.2 Å². The molecule has 1 radical (unpaired) electrons. The third kappa shape index (κ3) is 1.88. The van der Waals surface area contributed by atoms with Crippen LogP contribution in [0.5, 0.6) is 0 Å². The Labute approximate surface area is 98.5 Å². The van der Waals surface area contributed by atoms with Crippen LogP contribution < -0.4 is 10.5 Å². The van der Waals surface area contributed by atoms with Gasteiger partial charge in [-0.05, 0) is 19.3 Å². The number of rotatable bonds is 1. The second-order valence-corrected chi connectivity index (χ2v) is 4.25. The molecule has 5 heteroatoms. The summed E-state index contributed by atoms with van der Waals surface area (Å²) in [5.41, 5.74) is 0.467. The Hall–Kier alpha value is -1.91. The fourth-order valence-electron chi connectivity index (χ4n) is 2.18. The number of anilines is 1. The van der Waals surface area contributed by atoms with Gasteiger partial charge in [-0.2, -0.15) is 0 Å². The van der Waals surface area contributed by atoms with Gasteiger partial charge in [0.05, 0.1) is 17.1 Å². The zero-order valence-corrected chi connectivity index (χ0v) is 9.44. The van der Waals surface area contributed by atoms with Crippen molar-refractivity contribution < 1.29 is 0 Å². The first kappa shape index (κ1) is 10.3. The molecule has 0 atom stereocenters. The molecular formula is C12H13N4O. The predicted molar refractivity (Wildman–Crippen MR) is 65.1 cm³/mol. The van der Waals surface area contributed by atoms with Gasteiger partial charge in [0.1, 0.15) is 0 Å². The molecule has 1 saturated heterocycles. The summed E-state index contributed by atoms with van der Waals surface area (Å²) in [4.78, 5) is 25.2. The van der Waals surface area contributed by atoms with Crippen LogP contribution in [0.2, 0.25) is 0 Å². The molecule has 0 saturated carbocycles. The minimum absolute atomic E-state index is 0.141. The topological polar surface area (TPSA) is 61.9 Å². The van der Waals surface area contributed by atoms with Crippen LogP contribution in [0.4, 0.5) is 5.95 Å². The van der Waals surface area contributed by atoms with Gasteiger partial charge in [-0.15, -0.1) is 0 Å². The molecule has 5 nitrogen and oxygen atoms in total. The number of aromatic amines is 1. The van der Waals surface area contributed by atoms with E-state index in [9.17, 15) is 4.79 Å². The van der Waals surface area contributed by atoms with Crippen LogP contribution in [-0.2, 0) is 0 Å². The average Bonchev–Trinajstić information content (AvgIpc) is 2.40. The van der Waals surface area contributed by atoms with E-state index in [1.165, 1.54) is 12.6 Å². The van der Waals surface area contributed by atoms with Gasteiger partial charge in [-0.1, -0.05) is 0 Å². The molecule has 1 N–H and O–H groups in total. The minimum Gasteiger partial charge on any atom is -0.342 e. The standard InChI is InChI=1S/C12H13N4O/c17-11-9-4-5-13-8-10(9)14-12(15-11)16-6-2-1-3-7-16/h5,8H,1-3,6-7H2,(H,14,15,17). The van der Waals surface area contributed by atoms with Crippen molar-refractivity contribution in [1.82, 2.24) is 15.0 Å². The van der Waals surface area contributed by atoms with Gasteiger partial charge >= 0.3 is 0 Å². The fourth-order valence-corrected chi connectivity index (χ4v) is 2.18. The molecular weight excluding hydrogens is 216 g/mol. The van der Waals surface area contributed by atoms with Gasteiger partial charge in [0.25, 0.3) is 5.56 Å². The highest BCUT2D eigenvalue weighted by Gasteiger charge is 2.14. The van der Waals surface area contributed by atoms with Gasteiger partial charge in [0.15, 0.2) is 0 Å². The summed E-state index contributed by atoms with van der Waals surface area (Å²) < 4.78 is 0. The summed E-state index contributed by atoms with van der Waals surface area (Å²) >= 11 is 0. The number of piperidine rings is 1. The number of hydrogen-bond donors (Lipinski definition) is 1. The highest BCUT2D eigenvalue weighted by molar-refractivity contribution is 5.76. The number of aromatic nitrogens is 3. The third-order valence-electron chi connectivity index (χ3n) is 3.07. The van der Waals surface area contributed by atoms with E-state index in [2.05, 4.69) is 25.9 Å². The molecule has 0 amide bonds. The SMILES string of the molecule is O=c1[nH]c(N2CCCCC2)nc2cnc[c]c12. The predicted octanol–water partition coefficient (Wildman–Crippen LogP) is 1.11. The number of pyridine rings is 1. The number of fused-ring (bicyclic) bond motifs is 1. The normalized spacial score (nSPS) is 16.4. The average molecular weight is 229 g/mol. The van der Waals surface area contributed by atoms with Crippen LogP contribution in [0.3, 0.4) is 0 Å². The third-order valence-corrected chi connectivity index (χ3v) is 3.07. The second kappa shape index (κ2) is 4.16. The van der Waals surface area contributed by atoms with Crippen molar-refractivity contribution in [2.45, 2.75) is 19.3 Å². The molecule has 3 heterocycles. The van der Waals surface area contributed by atoms with Crippen LogP contribution in [0.25, 0.3) is 10.9 Å². The summed E-state index contributed by atoms with van der Waals surface area (Å²) in [7, 11) is 0. The highest BCUT2D eigenvalue weighted by Crippen LogP contribution is 2.15. The Morgan fingerprint density at radius 2 is 2.12 bits per heavy atom. The number of H-pyrrole nitrogens is 1. The largest absolute Gasteiger partial charge is 0.342 e. The molecule has 1 fully saturated rings. The zero-order valence-electron chi connectivity index (χ0n) is 9.44. The van der Waals surface area contributed by atoms with Gasteiger partial charge < -0.3 is 4.90 Å². The van der Waals surface area contributed by atoms with Gasteiger partial charge in [0, 0.05) is 25.4 Å². The number of hydrogen-bond acceptors (Lipinski definition) is 4. The summed E-state index contributed by atoms with van der Waals surface area (Å²) in [6, 6.07) is 2.81. The van der Waals surface area contributed by atoms with Crippen LogP contribution in [0, 0.1) is 6.07 Å². The summed E-state index contributed by atoms with van der Waals surface area (Å²) in [5.74, 6) is 0.656. The Morgan fingerprint density at radius 3 is 2.94 bits per heavy atom. The first-order chi connectivity index (χ1) is 8.34. The van der Waals surface area contributed by atoms with Gasteiger partial charge in [-0.25, -0.2) is 4.98 Å². The van der Waals surface area contributed by atoms with Crippen LogP contribution in [-0.4, -0.2) is 28.0 Å². The molecule has 0 aliphatic carbocycles. The maximum atomic E-state index is 11.9. The Kier molecular flexibility index (Phi) is 2.51. The Morgan fingerprint density at radius 1 is 1.29 bits per heavy atom. The molecule has 2 aromatic heterocycles. The maximum absolute atomic E-state index is 11.9. The van der Waals surface area contributed by atoms with E-state index >= 15 is 0 Å². The minimum atomic E-state index is -0.141. The molecule has 1 aliphatic heterocycles. The Balaban J connectivity index is 2.08. The van der Waals surface area contributed by atoms with Crippen molar-refractivity contribution in [2.75, 3.05) is 18.0 Å². The van der Waals surface area contributed by atoms with E-state index in [1.54, 1.807) is 6.20 Å². The molecule has 87 valence electrons. The summed E-state index contributed by atoms with van der Waals surface area (Å²) in [6.45, 7) is 1.91. The van der Waals surface area contributed by atoms with Crippen molar-refractivity contribution in [1.29, 1.82) is 0 Å². The first-order valence-corrected chi connectivity index (χ1v) is 5.85. The lowest BCUT2D eigenvalue weighted by atomic mass is 10.1. The molecule has 1 aliphatic rings. The Bertz CT molecular complexity index is 586. The highest BCUT2D eigenvalue weighted by atomic mass is 16.1. The first-order valence-electron chi connectivity index (χ1n) is 5.85. The van der Waals surface area contributed by atoms with Crippen molar-refractivity contribution in [2.24, 2.45) is 0 Å². The van der Waals surface area contributed by atoms with E-state index < -0.39 is 0 Å². The monoisotopic (exact) mass is 229 g/mol. The second-order valence-electron chi connectivity index (χ2n) is 4.25. The van der Waals surface area contributed by atoms with E-state index in [1.807, 2.05) is 0 Å². The molecule has 3 rings (SSSR count). The number of nitrogens with zero attached hydrogens (tertiary/aromatic N) is 3. The van der Waals surface area contributed by atoms with Crippen molar-refractivity contribution >= 4 is 16.9 Å². The summed E-state index contributed by atoms with van der Waals surface area (Å²) in [6.07, 6.45) is 6.65. The summed E-state index contributed by atoms with van der Waals surface area (Å²) in [5, 5.41) is 0.473. The smallest absolute Gasteiger partial charge is 0.260 e. The van der Waals surface area contributed by atoms with Crippen LogP contribution in [0.1, 0.15) is 19.3 Å². The molecule has 0 spiro atoms. The zero-order chi connectivity index (χ0) is 11.7. The lowest BCUT2D eigenvalue weighted by Crippen LogP contribution is -2.32. The lowest BCUT2D eigenvalue weighted by molar-refractivity contribution is 0.568. The van der Waals surface area contributed by atoms with E-state index in [0.717, 1.165) is 25.9 Å². The molecule has 0 unspecified atom stereocenters.